The molecule has 26 heavy (non-hydrogen) atoms. The van der Waals surface area contributed by atoms with Gasteiger partial charge in [-0.2, -0.15) is 0 Å². The van der Waals surface area contributed by atoms with Crippen LogP contribution in [0.25, 0.3) is 0 Å². The average molecular weight is 415 g/mol. The summed E-state index contributed by atoms with van der Waals surface area (Å²) in [5, 5.41) is 0. The second kappa shape index (κ2) is 8.52. The number of piperidine rings is 1. The molecular weight excluding hydrogens is 392 g/mol. The second-order valence-corrected chi connectivity index (χ2v) is 9.71. The van der Waals surface area contributed by atoms with Gasteiger partial charge >= 0.3 is 0 Å². The topological polar surface area (TPSA) is 80.5 Å². The maximum Gasteiger partial charge on any atom is 0.264 e. The quantitative estimate of drug-likeness (QED) is 0.832. The fourth-order valence-corrected chi connectivity index (χ4v) is 5.86. The van der Waals surface area contributed by atoms with Gasteiger partial charge in [0.1, 0.15) is 4.21 Å². The fraction of sp³-hybridized carbons (Fsp3) is 0.389. The Balaban J connectivity index is 0.00000243. The summed E-state index contributed by atoms with van der Waals surface area (Å²) in [4.78, 5) is 15.3. The van der Waals surface area contributed by atoms with E-state index in [1.165, 1.54) is 6.07 Å². The van der Waals surface area contributed by atoms with E-state index in [0.29, 0.717) is 23.9 Å². The molecule has 3 rings (SSSR count). The smallest absolute Gasteiger partial charge is 0.264 e. The van der Waals surface area contributed by atoms with Crippen molar-refractivity contribution in [2.24, 2.45) is 11.7 Å². The zero-order valence-corrected chi connectivity index (χ0v) is 16.9. The molecule has 1 fully saturated rings. The number of benzene rings is 1. The van der Waals surface area contributed by atoms with Crippen LogP contribution in [0.15, 0.2) is 51.6 Å². The highest BCUT2D eigenvalue weighted by molar-refractivity contribution is 7.93. The Hall–Kier alpha value is -1.41. The van der Waals surface area contributed by atoms with Crippen LogP contribution in [0.5, 0.6) is 0 Å². The van der Waals surface area contributed by atoms with Gasteiger partial charge in [-0.1, -0.05) is 25.1 Å². The molecule has 2 N–H and O–H groups in total. The van der Waals surface area contributed by atoms with Crippen LogP contribution in [0.1, 0.15) is 29.4 Å². The molecule has 1 saturated heterocycles. The van der Waals surface area contributed by atoms with E-state index >= 15 is 0 Å². The van der Waals surface area contributed by atoms with Crippen LogP contribution in [0.2, 0.25) is 0 Å². The predicted molar refractivity (Wildman–Crippen MR) is 106 cm³/mol. The van der Waals surface area contributed by atoms with E-state index in [4.69, 9.17) is 5.73 Å². The third-order valence-corrected chi connectivity index (χ3v) is 7.96. The highest BCUT2D eigenvalue weighted by Gasteiger charge is 2.31. The molecule has 1 aromatic heterocycles. The molecular formula is C18H23ClN2O3S2. The summed E-state index contributed by atoms with van der Waals surface area (Å²) >= 11 is 1.03. The zero-order valence-electron chi connectivity index (χ0n) is 14.5. The number of halogens is 1. The summed E-state index contributed by atoms with van der Waals surface area (Å²) in [7, 11) is -3.59. The van der Waals surface area contributed by atoms with E-state index in [9.17, 15) is 13.2 Å². The standard InChI is InChI=1S/C18H22N2O3S2.ClH/c1-13-9-10-20(14(11-13)12-19)18(21)16-7-8-17(24-16)25(22,23)15-5-3-2-4-6-15;/h2-8,13-14H,9-12,19H2,1H3;1H. The Morgan fingerprint density at radius 3 is 2.58 bits per heavy atom. The summed E-state index contributed by atoms with van der Waals surface area (Å²) in [5.74, 6) is 0.428. The van der Waals surface area contributed by atoms with E-state index in [1.807, 2.05) is 0 Å². The number of hydrogen-bond donors (Lipinski definition) is 1. The molecule has 0 bridgehead atoms. The molecule has 1 amide bonds. The van der Waals surface area contributed by atoms with Crippen molar-refractivity contribution in [3.8, 4) is 0 Å². The first-order valence-corrected chi connectivity index (χ1v) is 10.6. The molecule has 0 spiro atoms. The molecule has 0 radical (unpaired) electrons. The lowest BCUT2D eigenvalue weighted by atomic mass is 9.92. The Bertz CT molecular complexity index is 852. The molecule has 2 aromatic rings. The highest BCUT2D eigenvalue weighted by atomic mass is 35.5. The lowest BCUT2D eigenvalue weighted by Crippen LogP contribution is -2.49. The maximum absolute atomic E-state index is 12.8. The van der Waals surface area contributed by atoms with Crippen molar-refractivity contribution < 1.29 is 13.2 Å². The summed E-state index contributed by atoms with van der Waals surface area (Å²) in [6.45, 7) is 3.26. The van der Waals surface area contributed by atoms with Gasteiger partial charge in [-0.15, -0.1) is 23.7 Å². The van der Waals surface area contributed by atoms with Gasteiger partial charge in [0, 0.05) is 19.1 Å². The molecule has 1 aromatic carbocycles. The largest absolute Gasteiger partial charge is 0.334 e. The molecule has 0 aliphatic carbocycles. The molecule has 0 saturated carbocycles. The summed E-state index contributed by atoms with van der Waals surface area (Å²) in [6, 6.07) is 11.4. The number of amides is 1. The first-order chi connectivity index (χ1) is 11.9. The predicted octanol–water partition coefficient (Wildman–Crippen LogP) is 3.20. The minimum Gasteiger partial charge on any atom is -0.334 e. The molecule has 8 heteroatoms. The van der Waals surface area contributed by atoms with Gasteiger partial charge in [-0.25, -0.2) is 8.42 Å². The Kier molecular flexibility index (Phi) is 6.85. The summed E-state index contributed by atoms with van der Waals surface area (Å²) < 4.78 is 25.5. The van der Waals surface area contributed by atoms with Crippen LogP contribution < -0.4 is 5.73 Å². The second-order valence-electron chi connectivity index (χ2n) is 6.45. The monoisotopic (exact) mass is 414 g/mol. The van der Waals surface area contributed by atoms with Crippen LogP contribution in [-0.4, -0.2) is 38.4 Å². The average Bonchev–Trinajstić information content (AvgIpc) is 3.12. The summed E-state index contributed by atoms with van der Waals surface area (Å²) in [6.07, 6.45) is 1.84. The Labute approximate surface area is 164 Å². The van der Waals surface area contributed by atoms with Gasteiger partial charge in [0.2, 0.25) is 9.84 Å². The van der Waals surface area contributed by atoms with E-state index in [1.54, 1.807) is 41.3 Å². The first kappa shape index (κ1) is 20.9. The number of carbonyl (C=O) groups is 1. The van der Waals surface area contributed by atoms with E-state index in [-0.39, 0.29) is 33.5 Å². The van der Waals surface area contributed by atoms with Crippen molar-refractivity contribution in [3.05, 3.63) is 47.3 Å². The van der Waals surface area contributed by atoms with Crippen LogP contribution in [0.4, 0.5) is 0 Å². The molecule has 2 heterocycles. The van der Waals surface area contributed by atoms with Crippen molar-refractivity contribution in [2.75, 3.05) is 13.1 Å². The summed E-state index contributed by atoms with van der Waals surface area (Å²) in [5.41, 5.74) is 5.84. The van der Waals surface area contributed by atoms with Gasteiger partial charge in [-0.05, 0) is 43.0 Å². The van der Waals surface area contributed by atoms with Crippen LogP contribution in [0, 0.1) is 5.92 Å². The van der Waals surface area contributed by atoms with Crippen LogP contribution in [-0.2, 0) is 9.84 Å². The van der Waals surface area contributed by atoms with Crippen molar-refractivity contribution in [3.63, 3.8) is 0 Å². The lowest BCUT2D eigenvalue weighted by molar-refractivity contribution is 0.0578. The SMILES string of the molecule is CC1CCN(C(=O)c2ccc(S(=O)(=O)c3ccccc3)s2)C(CN)C1.Cl. The van der Waals surface area contributed by atoms with E-state index in [2.05, 4.69) is 6.92 Å². The first-order valence-electron chi connectivity index (χ1n) is 8.34. The molecule has 5 nitrogen and oxygen atoms in total. The molecule has 142 valence electrons. The fourth-order valence-electron chi connectivity index (χ4n) is 3.18. The van der Waals surface area contributed by atoms with Gasteiger partial charge < -0.3 is 10.6 Å². The highest BCUT2D eigenvalue weighted by Crippen LogP contribution is 2.30. The van der Waals surface area contributed by atoms with Crippen molar-refractivity contribution in [2.45, 2.75) is 34.9 Å². The number of carbonyl (C=O) groups excluding carboxylic acids is 1. The van der Waals surface area contributed by atoms with Gasteiger partial charge in [-0.3, -0.25) is 4.79 Å². The maximum atomic E-state index is 12.8. The molecule has 2 unspecified atom stereocenters. The molecule has 1 aliphatic rings. The van der Waals surface area contributed by atoms with Gasteiger partial charge in [0.25, 0.3) is 5.91 Å². The number of nitrogens with two attached hydrogens (primary N) is 1. The van der Waals surface area contributed by atoms with Crippen molar-refractivity contribution in [1.82, 2.24) is 4.90 Å². The third kappa shape index (κ3) is 4.11. The number of nitrogens with zero attached hydrogens (tertiary/aromatic N) is 1. The number of rotatable bonds is 4. The minimum absolute atomic E-state index is 0. The Morgan fingerprint density at radius 2 is 1.92 bits per heavy atom. The molecule has 2 atom stereocenters. The Morgan fingerprint density at radius 1 is 1.23 bits per heavy atom. The minimum atomic E-state index is -3.59. The number of thiophene rings is 1. The van der Waals surface area contributed by atoms with Gasteiger partial charge in [0.05, 0.1) is 9.77 Å². The van der Waals surface area contributed by atoms with Gasteiger partial charge in [0.15, 0.2) is 0 Å². The number of hydrogen-bond acceptors (Lipinski definition) is 5. The third-order valence-electron chi connectivity index (χ3n) is 4.62. The van der Waals surface area contributed by atoms with Crippen LogP contribution >= 0.6 is 23.7 Å². The lowest BCUT2D eigenvalue weighted by Gasteiger charge is -2.37. The number of likely N-dealkylation sites (tertiary alicyclic amines) is 1. The zero-order chi connectivity index (χ0) is 18.0. The molecule has 1 aliphatic heterocycles. The normalized spacial score (nSPS) is 20.5. The van der Waals surface area contributed by atoms with Crippen LogP contribution in [0.3, 0.4) is 0 Å². The number of sulfone groups is 1. The van der Waals surface area contributed by atoms with Crippen molar-refractivity contribution in [1.29, 1.82) is 0 Å². The van der Waals surface area contributed by atoms with Crippen molar-refractivity contribution >= 4 is 39.5 Å². The van der Waals surface area contributed by atoms with E-state index < -0.39 is 9.84 Å². The van der Waals surface area contributed by atoms with E-state index in [0.717, 1.165) is 24.2 Å².